The molecule has 1 N–H and O–H groups in total. The number of esters is 1. The largest absolute Gasteiger partial charge is 0.466 e. The number of aryl methyl sites for hydroxylation is 1. The van der Waals surface area contributed by atoms with E-state index in [1.54, 1.807) is 30.2 Å². The molecule has 0 aliphatic carbocycles. The van der Waals surface area contributed by atoms with Crippen molar-refractivity contribution in [2.75, 3.05) is 26.2 Å². The summed E-state index contributed by atoms with van der Waals surface area (Å²) in [6.45, 7) is 6.40. The average molecular weight is 443 g/mol. The van der Waals surface area contributed by atoms with E-state index in [1.165, 1.54) is 6.42 Å². The number of amides is 1. The molecule has 3 heterocycles. The molecule has 3 rings (SSSR count). The molecule has 1 fully saturated rings. The molecule has 1 unspecified atom stereocenters. The van der Waals surface area contributed by atoms with E-state index in [9.17, 15) is 9.59 Å². The molecule has 1 atom stereocenters. The first-order valence-corrected chi connectivity index (χ1v) is 11.7. The molecule has 0 radical (unpaired) electrons. The van der Waals surface area contributed by atoms with Gasteiger partial charge in [-0.3, -0.25) is 19.1 Å². The molecule has 0 spiro atoms. The summed E-state index contributed by atoms with van der Waals surface area (Å²) in [7, 11) is 0. The topological polar surface area (TPSA) is 102 Å². The second-order valence-corrected chi connectivity index (χ2v) is 8.00. The molecule has 174 valence electrons. The number of likely N-dealkylation sites (tertiary alicyclic amines) is 1. The van der Waals surface area contributed by atoms with Crippen molar-refractivity contribution < 1.29 is 14.3 Å². The summed E-state index contributed by atoms with van der Waals surface area (Å²) in [5.74, 6) is 0.202. The Morgan fingerprint density at radius 1 is 1.19 bits per heavy atom. The van der Waals surface area contributed by atoms with Gasteiger partial charge in [-0.2, -0.15) is 0 Å². The van der Waals surface area contributed by atoms with Crippen molar-refractivity contribution in [2.24, 2.45) is 0 Å². The molecule has 32 heavy (non-hydrogen) atoms. The highest BCUT2D eigenvalue weighted by atomic mass is 16.5. The van der Waals surface area contributed by atoms with E-state index in [0.29, 0.717) is 37.6 Å². The fourth-order valence-electron chi connectivity index (χ4n) is 3.96. The summed E-state index contributed by atoms with van der Waals surface area (Å²) in [6.07, 6.45) is 11.1. The number of hydrogen-bond acceptors (Lipinski definition) is 7. The lowest BCUT2D eigenvalue weighted by Crippen LogP contribution is -2.43. The standard InChI is InChI=1S/C23H34N6O3/c1-3-9-18-16-19(27-23(26-18)29-15-12-24-17-29)21(28-13-6-5-7-14-28)22(31)25-11-8-10-20(30)32-4-2/h12,15-17,21H,3-11,13-14H2,1-2H3,(H,25,31). The SMILES string of the molecule is CCCc1cc(C(C(=O)NCCCC(=O)OCC)N2CCCCC2)nc(-n2ccnc2)n1. The van der Waals surface area contributed by atoms with E-state index in [2.05, 4.69) is 27.1 Å². The Balaban J connectivity index is 1.81. The van der Waals surface area contributed by atoms with E-state index in [0.717, 1.165) is 44.5 Å². The minimum atomic E-state index is -0.487. The number of imidazole rings is 1. The van der Waals surface area contributed by atoms with Crippen LogP contribution >= 0.6 is 0 Å². The van der Waals surface area contributed by atoms with Gasteiger partial charge in [-0.15, -0.1) is 0 Å². The quantitative estimate of drug-likeness (QED) is 0.421. The Morgan fingerprint density at radius 3 is 2.69 bits per heavy atom. The van der Waals surface area contributed by atoms with Crippen LogP contribution in [0.3, 0.4) is 0 Å². The Kier molecular flexibility index (Phi) is 9.15. The second-order valence-electron chi connectivity index (χ2n) is 8.00. The van der Waals surface area contributed by atoms with Crippen molar-refractivity contribution in [1.29, 1.82) is 0 Å². The first-order valence-electron chi connectivity index (χ1n) is 11.7. The van der Waals surface area contributed by atoms with Crippen LogP contribution in [0.1, 0.15) is 69.8 Å². The van der Waals surface area contributed by atoms with Crippen molar-refractivity contribution in [1.82, 2.24) is 29.7 Å². The lowest BCUT2D eigenvalue weighted by atomic mass is 10.0. The zero-order valence-corrected chi connectivity index (χ0v) is 19.1. The molecule has 9 heteroatoms. The molecule has 2 aromatic heterocycles. The van der Waals surface area contributed by atoms with Gasteiger partial charge in [-0.25, -0.2) is 15.0 Å². The second kappa shape index (κ2) is 12.3. The van der Waals surface area contributed by atoms with Gasteiger partial charge in [-0.1, -0.05) is 19.8 Å². The summed E-state index contributed by atoms with van der Waals surface area (Å²) in [5.41, 5.74) is 1.62. The fraction of sp³-hybridized carbons (Fsp3) is 0.609. The van der Waals surface area contributed by atoms with Crippen molar-refractivity contribution >= 4 is 11.9 Å². The van der Waals surface area contributed by atoms with Crippen molar-refractivity contribution in [3.8, 4) is 5.95 Å². The molecule has 9 nitrogen and oxygen atoms in total. The van der Waals surface area contributed by atoms with Crippen LogP contribution in [0.5, 0.6) is 0 Å². The van der Waals surface area contributed by atoms with Gasteiger partial charge in [0.15, 0.2) is 0 Å². The number of carbonyl (C=O) groups is 2. The van der Waals surface area contributed by atoms with Crippen LogP contribution in [0.25, 0.3) is 5.95 Å². The first-order chi connectivity index (χ1) is 15.6. The number of carbonyl (C=O) groups excluding carboxylic acids is 2. The van der Waals surface area contributed by atoms with Gasteiger partial charge in [0.25, 0.3) is 0 Å². The maximum Gasteiger partial charge on any atom is 0.305 e. The lowest BCUT2D eigenvalue weighted by molar-refractivity contribution is -0.143. The summed E-state index contributed by atoms with van der Waals surface area (Å²) < 4.78 is 6.73. The molecule has 2 aromatic rings. The Morgan fingerprint density at radius 2 is 2.00 bits per heavy atom. The van der Waals surface area contributed by atoms with E-state index >= 15 is 0 Å². The number of aromatic nitrogens is 4. The summed E-state index contributed by atoms with van der Waals surface area (Å²) in [5, 5.41) is 3.01. The highest BCUT2D eigenvalue weighted by Crippen LogP contribution is 2.25. The van der Waals surface area contributed by atoms with Gasteiger partial charge >= 0.3 is 5.97 Å². The van der Waals surface area contributed by atoms with E-state index < -0.39 is 6.04 Å². The predicted molar refractivity (Wildman–Crippen MR) is 120 cm³/mol. The molecular formula is C23H34N6O3. The fourth-order valence-corrected chi connectivity index (χ4v) is 3.96. The van der Waals surface area contributed by atoms with E-state index in [4.69, 9.17) is 9.72 Å². The highest BCUT2D eigenvalue weighted by molar-refractivity contribution is 5.82. The molecule has 0 bridgehead atoms. The number of piperidine rings is 1. The van der Waals surface area contributed by atoms with Crippen molar-refractivity contribution in [3.05, 3.63) is 36.2 Å². The Bertz CT molecular complexity index is 865. The molecule has 1 aliphatic heterocycles. The Labute approximate surface area is 189 Å². The first kappa shape index (κ1) is 23.8. The molecule has 1 amide bonds. The van der Waals surface area contributed by atoms with Gasteiger partial charge in [0, 0.05) is 31.1 Å². The zero-order valence-electron chi connectivity index (χ0n) is 19.1. The van der Waals surface area contributed by atoms with Crippen molar-refractivity contribution in [2.45, 2.75) is 64.8 Å². The monoisotopic (exact) mass is 442 g/mol. The van der Waals surface area contributed by atoms with E-state index in [-0.39, 0.29) is 11.9 Å². The molecule has 0 aromatic carbocycles. The van der Waals surface area contributed by atoms with Crippen LogP contribution in [0.15, 0.2) is 24.8 Å². The minimum absolute atomic E-state index is 0.0894. The van der Waals surface area contributed by atoms with Gasteiger partial charge in [0.2, 0.25) is 11.9 Å². The van der Waals surface area contributed by atoms with E-state index in [1.807, 2.05) is 6.07 Å². The van der Waals surface area contributed by atoms with Crippen LogP contribution < -0.4 is 5.32 Å². The molecule has 1 aliphatic rings. The van der Waals surface area contributed by atoms with Crippen LogP contribution in [-0.4, -0.2) is 62.5 Å². The maximum absolute atomic E-state index is 13.3. The van der Waals surface area contributed by atoms with Crippen LogP contribution in [-0.2, 0) is 20.7 Å². The summed E-state index contributed by atoms with van der Waals surface area (Å²) >= 11 is 0. The number of nitrogens with zero attached hydrogens (tertiary/aromatic N) is 5. The molecule has 0 saturated carbocycles. The predicted octanol–water partition coefficient (Wildman–Crippen LogP) is 2.60. The minimum Gasteiger partial charge on any atom is -0.466 e. The summed E-state index contributed by atoms with van der Waals surface area (Å²) in [6, 6.07) is 1.47. The molecular weight excluding hydrogens is 408 g/mol. The third-order valence-corrected chi connectivity index (χ3v) is 5.48. The number of ether oxygens (including phenoxy) is 1. The third-order valence-electron chi connectivity index (χ3n) is 5.48. The molecule has 1 saturated heterocycles. The maximum atomic E-state index is 13.3. The van der Waals surface area contributed by atoms with Crippen LogP contribution in [0, 0.1) is 0 Å². The van der Waals surface area contributed by atoms with Crippen LogP contribution in [0.2, 0.25) is 0 Å². The number of nitrogens with one attached hydrogen (secondary N) is 1. The van der Waals surface area contributed by atoms with Crippen LogP contribution in [0.4, 0.5) is 0 Å². The normalized spacial score (nSPS) is 15.3. The lowest BCUT2D eigenvalue weighted by Gasteiger charge is -2.33. The highest BCUT2D eigenvalue weighted by Gasteiger charge is 2.31. The zero-order chi connectivity index (χ0) is 22.8. The summed E-state index contributed by atoms with van der Waals surface area (Å²) in [4.78, 5) is 40.7. The van der Waals surface area contributed by atoms with Gasteiger partial charge in [-0.05, 0) is 51.8 Å². The number of hydrogen-bond donors (Lipinski definition) is 1. The van der Waals surface area contributed by atoms with Gasteiger partial charge in [0.1, 0.15) is 12.4 Å². The van der Waals surface area contributed by atoms with Crippen molar-refractivity contribution in [3.63, 3.8) is 0 Å². The van der Waals surface area contributed by atoms with Gasteiger partial charge < -0.3 is 10.1 Å². The number of rotatable bonds is 11. The third kappa shape index (κ3) is 6.59. The Hall–Kier alpha value is -2.81. The van der Waals surface area contributed by atoms with Gasteiger partial charge in [0.05, 0.1) is 12.3 Å². The average Bonchev–Trinajstić information content (AvgIpc) is 3.33. The smallest absolute Gasteiger partial charge is 0.305 e.